The molecule has 1 heterocycles. The average Bonchev–Trinajstić information content (AvgIpc) is 2.18. The summed E-state index contributed by atoms with van der Waals surface area (Å²) in [7, 11) is 1.60. The second kappa shape index (κ2) is 4.60. The molecule has 0 aliphatic rings. The van der Waals surface area contributed by atoms with E-state index in [1.807, 2.05) is 19.1 Å². The first kappa shape index (κ1) is 9.71. The standard InChI is InChI=1S/C10H13NO2/c1-8(7-12)6-9-10(13-2)4-3-5-11-9/h3-5,7-8H,6H2,1-2H3. The summed E-state index contributed by atoms with van der Waals surface area (Å²) in [6.07, 6.45) is 3.26. The number of aromatic nitrogens is 1. The second-order valence-electron chi connectivity index (χ2n) is 2.97. The molecule has 1 atom stereocenters. The van der Waals surface area contributed by atoms with E-state index < -0.39 is 0 Å². The summed E-state index contributed by atoms with van der Waals surface area (Å²) in [5.74, 6) is 0.736. The van der Waals surface area contributed by atoms with Crippen LogP contribution in [0.3, 0.4) is 0 Å². The van der Waals surface area contributed by atoms with Gasteiger partial charge >= 0.3 is 0 Å². The minimum Gasteiger partial charge on any atom is -0.495 e. The molecule has 13 heavy (non-hydrogen) atoms. The van der Waals surface area contributed by atoms with Gasteiger partial charge in [0.15, 0.2) is 0 Å². The molecule has 0 aliphatic heterocycles. The van der Waals surface area contributed by atoms with Gasteiger partial charge in [-0.15, -0.1) is 0 Å². The van der Waals surface area contributed by atoms with Crippen molar-refractivity contribution in [2.24, 2.45) is 5.92 Å². The number of nitrogens with zero attached hydrogens (tertiary/aromatic N) is 1. The van der Waals surface area contributed by atoms with Gasteiger partial charge in [-0.3, -0.25) is 4.98 Å². The number of hydrogen-bond acceptors (Lipinski definition) is 3. The van der Waals surface area contributed by atoms with E-state index in [2.05, 4.69) is 4.98 Å². The van der Waals surface area contributed by atoms with Crippen LogP contribution in [0.4, 0.5) is 0 Å². The largest absolute Gasteiger partial charge is 0.495 e. The maximum Gasteiger partial charge on any atom is 0.140 e. The van der Waals surface area contributed by atoms with Gasteiger partial charge in [0.25, 0.3) is 0 Å². The van der Waals surface area contributed by atoms with E-state index in [1.165, 1.54) is 0 Å². The highest BCUT2D eigenvalue weighted by molar-refractivity contribution is 5.53. The van der Waals surface area contributed by atoms with Crippen LogP contribution in [0, 0.1) is 5.92 Å². The summed E-state index contributed by atoms with van der Waals surface area (Å²) >= 11 is 0. The number of ether oxygens (including phenoxy) is 1. The molecule has 3 heteroatoms. The molecule has 1 aromatic rings. The highest BCUT2D eigenvalue weighted by Crippen LogP contribution is 2.17. The van der Waals surface area contributed by atoms with Gasteiger partial charge in [-0.1, -0.05) is 6.92 Å². The van der Waals surface area contributed by atoms with Crippen LogP contribution in [0.1, 0.15) is 12.6 Å². The molecule has 1 aromatic heterocycles. The number of methoxy groups -OCH3 is 1. The molecule has 0 N–H and O–H groups in total. The molecule has 70 valence electrons. The first-order valence-electron chi connectivity index (χ1n) is 4.21. The lowest BCUT2D eigenvalue weighted by Crippen LogP contribution is -2.04. The van der Waals surface area contributed by atoms with Crippen LogP contribution < -0.4 is 4.74 Å². The molecule has 0 radical (unpaired) electrons. The Balaban J connectivity index is 2.80. The van der Waals surface area contributed by atoms with E-state index in [1.54, 1.807) is 13.3 Å². The minimum absolute atomic E-state index is 0.0104. The van der Waals surface area contributed by atoms with Gasteiger partial charge in [-0.05, 0) is 12.1 Å². The van der Waals surface area contributed by atoms with Crippen LogP contribution >= 0.6 is 0 Å². The van der Waals surface area contributed by atoms with Crippen LogP contribution in [-0.4, -0.2) is 18.4 Å². The first-order valence-corrected chi connectivity index (χ1v) is 4.21. The summed E-state index contributed by atoms with van der Waals surface area (Å²) in [5.41, 5.74) is 0.838. The van der Waals surface area contributed by atoms with Crippen molar-refractivity contribution in [3.8, 4) is 5.75 Å². The van der Waals surface area contributed by atoms with Gasteiger partial charge < -0.3 is 9.53 Å². The van der Waals surface area contributed by atoms with Gasteiger partial charge in [0.1, 0.15) is 12.0 Å². The Morgan fingerprint density at radius 1 is 1.69 bits per heavy atom. The topological polar surface area (TPSA) is 39.2 Å². The van der Waals surface area contributed by atoms with Gasteiger partial charge in [0.2, 0.25) is 0 Å². The Morgan fingerprint density at radius 2 is 2.46 bits per heavy atom. The third-order valence-corrected chi connectivity index (χ3v) is 1.82. The van der Waals surface area contributed by atoms with Crippen LogP contribution in [0.15, 0.2) is 18.3 Å². The molecule has 1 unspecified atom stereocenters. The molecule has 0 bridgehead atoms. The van der Waals surface area contributed by atoms with Gasteiger partial charge in [0.05, 0.1) is 12.8 Å². The SMILES string of the molecule is COc1cccnc1CC(C)C=O. The van der Waals surface area contributed by atoms with Crippen molar-refractivity contribution in [3.63, 3.8) is 0 Å². The first-order chi connectivity index (χ1) is 6.27. The molecule has 0 aliphatic carbocycles. The van der Waals surface area contributed by atoms with Gasteiger partial charge in [-0.25, -0.2) is 0 Å². The normalized spacial score (nSPS) is 12.2. The fourth-order valence-corrected chi connectivity index (χ4v) is 1.12. The Morgan fingerprint density at radius 3 is 3.08 bits per heavy atom. The third kappa shape index (κ3) is 2.54. The van der Waals surface area contributed by atoms with Crippen LogP contribution in [-0.2, 0) is 11.2 Å². The van der Waals surface area contributed by atoms with Crippen molar-refractivity contribution in [3.05, 3.63) is 24.0 Å². The molecular formula is C10H13NO2. The van der Waals surface area contributed by atoms with Crippen molar-refractivity contribution in [2.45, 2.75) is 13.3 Å². The van der Waals surface area contributed by atoms with E-state index in [-0.39, 0.29) is 5.92 Å². The lowest BCUT2D eigenvalue weighted by molar-refractivity contribution is -0.110. The number of aldehydes is 1. The van der Waals surface area contributed by atoms with Crippen molar-refractivity contribution >= 4 is 6.29 Å². The zero-order chi connectivity index (χ0) is 9.68. The zero-order valence-corrected chi connectivity index (χ0v) is 7.86. The smallest absolute Gasteiger partial charge is 0.140 e. The lowest BCUT2D eigenvalue weighted by atomic mass is 10.1. The fourth-order valence-electron chi connectivity index (χ4n) is 1.12. The van der Waals surface area contributed by atoms with Crippen molar-refractivity contribution in [1.82, 2.24) is 4.98 Å². The molecule has 0 spiro atoms. The number of rotatable bonds is 4. The molecule has 0 fully saturated rings. The lowest BCUT2D eigenvalue weighted by Gasteiger charge is -2.07. The number of pyridine rings is 1. The molecule has 0 aromatic carbocycles. The van der Waals surface area contributed by atoms with Gasteiger partial charge in [-0.2, -0.15) is 0 Å². The van der Waals surface area contributed by atoms with Crippen LogP contribution in [0.5, 0.6) is 5.75 Å². The van der Waals surface area contributed by atoms with Crippen molar-refractivity contribution in [1.29, 1.82) is 0 Å². The highest BCUT2D eigenvalue weighted by Gasteiger charge is 2.07. The molecule has 3 nitrogen and oxygen atoms in total. The Bertz CT molecular complexity index is 286. The number of hydrogen-bond donors (Lipinski definition) is 0. The summed E-state index contributed by atoms with van der Waals surface area (Å²) < 4.78 is 5.11. The maximum atomic E-state index is 10.4. The predicted octanol–water partition coefficient (Wildman–Crippen LogP) is 1.47. The highest BCUT2D eigenvalue weighted by atomic mass is 16.5. The van der Waals surface area contributed by atoms with Crippen molar-refractivity contribution in [2.75, 3.05) is 7.11 Å². The Hall–Kier alpha value is -1.38. The Kier molecular flexibility index (Phi) is 3.43. The average molecular weight is 179 g/mol. The summed E-state index contributed by atoms with van der Waals surface area (Å²) in [4.78, 5) is 14.6. The number of carbonyl (C=O) groups excluding carboxylic acids is 1. The van der Waals surface area contributed by atoms with Crippen molar-refractivity contribution < 1.29 is 9.53 Å². The minimum atomic E-state index is -0.0104. The summed E-state index contributed by atoms with van der Waals surface area (Å²) in [6, 6.07) is 3.66. The molecule has 0 saturated heterocycles. The second-order valence-corrected chi connectivity index (χ2v) is 2.97. The van der Waals surface area contributed by atoms with E-state index >= 15 is 0 Å². The van der Waals surface area contributed by atoms with Crippen LogP contribution in [0.2, 0.25) is 0 Å². The predicted molar refractivity (Wildman–Crippen MR) is 49.7 cm³/mol. The van der Waals surface area contributed by atoms with E-state index in [9.17, 15) is 4.79 Å². The van der Waals surface area contributed by atoms with Gasteiger partial charge in [0, 0.05) is 18.5 Å². The maximum absolute atomic E-state index is 10.4. The quantitative estimate of drug-likeness (QED) is 0.657. The fraction of sp³-hybridized carbons (Fsp3) is 0.400. The van der Waals surface area contributed by atoms with E-state index in [0.29, 0.717) is 6.42 Å². The third-order valence-electron chi connectivity index (χ3n) is 1.82. The Labute approximate surface area is 77.8 Å². The monoisotopic (exact) mass is 179 g/mol. The zero-order valence-electron chi connectivity index (χ0n) is 7.86. The molecule has 0 amide bonds. The van der Waals surface area contributed by atoms with E-state index in [4.69, 9.17) is 4.74 Å². The van der Waals surface area contributed by atoms with Crippen LogP contribution in [0.25, 0.3) is 0 Å². The molecule has 1 rings (SSSR count). The summed E-state index contributed by atoms with van der Waals surface area (Å²) in [6.45, 7) is 1.86. The number of carbonyl (C=O) groups is 1. The molecule has 0 saturated carbocycles. The van der Waals surface area contributed by atoms with E-state index in [0.717, 1.165) is 17.7 Å². The molecular weight excluding hydrogens is 166 g/mol. The summed E-state index contributed by atoms with van der Waals surface area (Å²) in [5, 5.41) is 0.